The van der Waals surface area contributed by atoms with Crippen LogP contribution < -0.4 is 15.8 Å². The van der Waals surface area contributed by atoms with E-state index in [1.807, 2.05) is 0 Å². The lowest BCUT2D eigenvalue weighted by Crippen LogP contribution is -2.46. The minimum absolute atomic E-state index is 0.112. The van der Waals surface area contributed by atoms with Crippen molar-refractivity contribution in [2.45, 2.75) is 24.1 Å². The summed E-state index contributed by atoms with van der Waals surface area (Å²) in [5.74, 6) is -1.70. The molecule has 0 spiro atoms. The van der Waals surface area contributed by atoms with Gasteiger partial charge in [-0.3, -0.25) is 4.79 Å². The third-order valence-corrected chi connectivity index (χ3v) is 5.80. The molecule has 1 heterocycles. The van der Waals surface area contributed by atoms with E-state index in [0.717, 1.165) is 16.4 Å². The van der Waals surface area contributed by atoms with Crippen molar-refractivity contribution in [2.75, 3.05) is 26.2 Å². The molecule has 2 rings (SSSR count). The lowest BCUT2D eigenvalue weighted by molar-refractivity contribution is -0.275. The van der Waals surface area contributed by atoms with Gasteiger partial charge >= 0.3 is 6.36 Å². The second kappa shape index (κ2) is 8.23. The first-order valence-electron chi connectivity index (χ1n) is 7.98. The molecule has 1 aromatic carbocycles. The third-order valence-electron chi connectivity index (χ3n) is 3.89. The van der Waals surface area contributed by atoms with Gasteiger partial charge in [0, 0.05) is 26.2 Å². The molecule has 1 saturated heterocycles. The Morgan fingerprint density at radius 2 is 2.04 bits per heavy atom. The highest BCUT2D eigenvalue weighted by Gasteiger charge is 2.37. The maximum Gasteiger partial charge on any atom is 0.573 e. The largest absolute Gasteiger partial charge is 0.573 e. The number of halogens is 3. The zero-order valence-electron chi connectivity index (χ0n) is 13.8. The van der Waals surface area contributed by atoms with Crippen LogP contribution in [0.25, 0.3) is 0 Å². The average molecular weight is 395 g/mol. The third kappa shape index (κ3) is 5.08. The summed E-state index contributed by atoms with van der Waals surface area (Å²) >= 11 is 0. The van der Waals surface area contributed by atoms with Crippen molar-refractivity contribution in [3.8, 4) is 5.75 Å². The van der Waals surface area contributed by atoms with E-state index < -0.39 is 32.9 Å². The summed E-state index contributed by atoms with van der Waals surface area (Å²) in [5.41, 5.74) is 5.32. The van der Waals surface area contributed by atoms with Crippen molar-refractivity contribution in [1.82, 2.24) is 9.62 Å². The van der Waals surface area contributed by atoms with Crippen molar-refractivity contribution in [2.24, 2.45) is 11.7 Å². The first kappa shape index (κ1) is 20.5. The number of ether oxygens (including phenoxy) is 1. The van der Waals surface area contributed by atoms with Gasteiger partial charge in [-0.05, 0) is 25.0 Å². The first-order valence-corrected chi connectivity index (χ1v) is 9.42. The van der Waals surface area contributed by atoms with Gasteiger partial charge in [-0.25, -0.2) is 8.42 Å². The normalized spacial score (nSPS) is 19.2. The first-order chi connectivity index (χ1) is 12.1. The van der Waals surface area contributed by atoms with Crippen molar-refractivity contribution in [3.05, 3.63) is 24.3 Å². The number of nitrogens with zero attached hydrogens (tertiary/aromatic N) is 1. The van der Waals surface area contributed by atoms with Gasteiger partial charge in [0.15, 0.2) is 0 Å². The molecule has 1 aliphatic rings. The number of alkyl halides is 3. The number of carbonyl (C=O) groups excluding carboxylic acids is 1. The number of amides is 1. The highest BCUT2D eigenvalue weighted by Crippen LogP contribution is 2.33. The van der Waals surface area contributed by atoms with Gasteiger partial charge in [0.1, 0.15) is 10.6 Å². The van der Waals surface area contributed by atoms with Crippen molar-refractivity contribution in [1.29, 1.82) is 0 Å². The van der Waals surface area contributed by atoms with E-state index in [1.165, 1.54) is 12.1 Å². The molecule has 1 aromatic rings. The van der Waals surface area contributed by atoms with Crippen LogP contribution >= 0.6 is 0 Å². The molecular weight excluding hydrogens is 375 g/mol. The number of hydrogen-bond donors (Lipinski definition) is 2. The number of piperidine rings is 1. The summed E-state index contributed by atoms with van der Waals surface area (Å²) in [4.78, 5) is 11.5. The van der Waals surface area contributed by atoms with Crippen LogP contribution in [0.15, 0.2) is 29.2 Å². The highest BCUT2D eigenvalue weighted by molar-refractivity contribution is 7.89. The van der Waals surface area contributed by atoms with Crippen molar-refractivity contribution >= 4 is 15.9 Å². The van der Waals surface area contributed by atoms with Crippen LogP contribution in [0.3, 0.4) is 0 Å². The molecule has 1 unspecified atom stereocenters. The van der Waals surface area contributed by atoms with Gasteiger partial charge in [0.25, 0.3) is 0 Å². The van der Waals surface area contributed by atoms with E-state index in [4.69, 9.17) is 5.73 Å². The van der Waals surface area contributed by atoms with Crippen LogP contribution in [-0.4, -0.2) is 51.2 Å². The highest BCUT2D eigenvalue weighted by atomic mass is 32.2. The lowest BCUT2D eigenvalue weighted by Gasteiger charge is -2.31. The van der Waals surface area contributed by atoms with Gasteiger partial charge in [-0.1, -0.05) is 12.1 Å². The fourth-order valence-corrected chi connectivity index (χ4v) is 4.36. The minimum Gasteiger partial charge on any atom is -0.404 e. The molecule has 11 heteroatoms. The number of hydrogen-bond acceptors (Lipinski definition) is 5. The second-order valence-electron chi connectivity index (χ2n) is 5.78. The molecule has 26 heavy (non-hydrogen) atoms. The van der Waals surface area contributed by atoms with Gasteiger partial charge < -0.3 is 15.8 Å². The number of nitrogens with one attached hydrogen (secondary N) is 1. The van der Waals surface area contributed by atoms with E-state index in [1.54, 1.807) is 0 Å². The Morgan fingerprint density at radius 1 is 1.35 bits per heavy atom. The lowest BCUT2D eigenvalue weighted by atomic mass is 9.99. The number of para-hydroxylation sites is 1. The number of sulfonamides is 1. The summed E-state index contributed by atoms with van der Waals surface area (Å²) in [6, 6.07) is 4.55. The van der Waals surface area contributed by atoms with Crippen LogP contribution in [0.4, 0.5) is 13.2 Å². The summed E-state index contributed by atoms with van der Waals surface area (Å²) in [7, 11) is -4.25. The van der Waals surface area contributed by atoms with E-state index in [2.05, 4.69) is 10.1 Å². The second-order valence-corrected chi connectivity index (χ2v) is 7.68. The van der Waals surface area contributed by atoms with Crippen LogP contribution in [0.2, 0.25) is 0 Å². The molecule has 1 atom stereocenters. The van der Waals surface area contributed by atoms with Crippen molar-refractivity contribution in [3.63, 3.8) is 0 Å². The summed E-state index contributed by atoms with van der Waals surface area (Å²) in [6.07, 6.45) is -4.11. The average Bonchev–Trinajstić information content (AvgIpc) is 2.58. The molecule has 3 N–H and O–H groups in total. The van der Waals surface area contributed by atoms with Gasteiger partial charge in [-0.15, -0.1) is 13.2 Å². The molecule has 146 valence electrons. The quantitative estimate of drug-likeness (QED) is 0.750. The monoisotopic (exact) mass is 395 g/mol. The summed E-state index contributed by atoms with van der Waals surface area (Å²) < 4.78 is 68.1. The van der Waals surface area contributed by atoms with E-state index in [-0.39, 0.29) is 32.1 Å². The molecule has 1 fully saturated rings. The van der Waals surface area contributed by atoms with E-state index >= 15 is 0 Å². The Labute approximate surface area is 149 Å². The summed E-state index contributed by atoms with van der Waals surface area (Å²) in [6.45, 7) is 0.523. The molecule has 1 amide bonds. The van der Waals surface area contributed by atoms with Crippen LogP contribution in [0.5, 0.6) is 5.75 Å². The Balaban J connectivity index is 2.23. The van der Waals surface area contributed by atoms with Gasteiger partial charge in [0.2, 0.25) is 15.9 Å². The van der Waals surface area contributed by atoms with Crippen LogP contribution in [0.1, 0.15) is 12.8 Å². The Hall–Kier alpha value is -1.85. The predicted octanol–water partition coefficient (Wildman–Crippen LogP) is 1.06. The standard InChI is InChI=1S/C15H20F3N3O4S/c16-15(17,18)25-12-5-1-2-6-13(12)26(23,24)21-9-3-4-11(10-21)14(22)20-8-7-19/h1-2,5-6,11H,3-4,7-10,19H2,(H,20,22). The molecule has 0 bridgehead atoms. The molecule has 0 radical (unpaired) electrons. The van der Waals surface area contributed by atoms with E-state index in [0.29, 0.717) is 12.8 Å². The van der Waals surface area contributed by atoms with Gasteiger partial charge in [-0.2, -0.15) is 4.31 Å². The van der Waals surface area contributed by atoms with Crippen LogP contribution in [0, 0.1) is 5.92 Å². The zero-order valence-corrected chi connectivity index (χ0v) is 14.6. The fraction of sp³-hybridized carbons (Fsp3) is 0.533. The van der Waals surface area contributed by atoms with Crippen molar-refractivity contribution < 1.29 is 31.1 Å². The number of rotatable bonds is 6. The predicted molar refractivity (Wildman–Crippen MR) is 86.7 cm³/mol. The Morgan fingerprint density at radius 3 is 2.69 bits per heavy atom. The number of benzene rings is 1. The smallest absolute Gasteiger partial charge is 0.404 e. The zero-order chi connectivity index (χ0) is 19.4. The van der Waals surface area contributed by atoms with Crippen LogP contribution in [-0.2, 0) is 14.8 Å². The Kier molecular flexibility index (Phi) is 6.48. The Bertz CT molecular complexity index is 740. The van der Waals surface area contributed by atoms with Gasteiger partial charge in [0.05, 0.1) is 5.92 Å². The number of carbonyl (C=O) groups is 1. The maximum atomic E-state index is 12.8. The molecule has 1 aliphatic heterocycles. The molecule has 0 aliphatic carbocycles. The molecule has 7 nitrogen and oxygen atoms in total. The summed E-state index contributed by atoms with van der Waals surface area (Å²) in [5, 5.41) is 2.60. The number of nitrogens with two attached hydrogens (primary N) is 1. The van der Waals surface area contributed by atoms with E-state index in [9.17, 15) is 26.4 Å². The SMILES string of the molecule is NCCNC(=O)C1CCCN(S(=O)(=O)c2ccccc2OC(F)(F)F)C1. The maximum absolute atomic E-state index is 12.8. The fourth-order valence-electron chi connectivity index (χ4n) is 2.73. The minimum atomic E-state index is -5.02. The molecular formula is C15H20F3N3O4S. The molecule has 0 saturated carbocycles. The molecule has 0 aromatic heterocycles. The topological polar surface area (TPSA) is 102 Å².